The Bertz CT molecular complexity index is 325. The van der Waals surface area contributed by atoms with Gasteiger partial charge < -0.3 is 5.32 Å². The van der Waals surface area contributed by atoms with Crippen LogP contribution in [-0.2, 0) is 0 Å². The molecular weight excluding hydrogens is 209 g/mol. The van der Waals surface area contributed by atoms with Gasteiger partial charge in [0.15, 0.2) is 0 Å². The van der Waals surface area contributed by atoms with Gasteiger partial charge in [-0.15, -0.1) is 11.8 Å². The molecule has 1 aromatic rings. The van der Waals surface area contributed by atoms with Crippen LogP contribution < -0.4 is 5.32 Å². The van der Waals surface area contributed by atoms with Gasteiger partial charge in [0.25, 0.3) is 0 Å². The number of nitrogens with one attached hydrogen (secondary N) is 1. The standard InChI is InChI=1S/C12H16FNS/c1-14-12(9-5-6-9)8-15-11-4-2-3-10(13)7-11/h2-4,7,9,12,14H,5-6,8H2,1H3. The molecule has 0 bridgehead atoms. The van der Waals surface area contributed by atoms with Crippen molar-refractivity contribution in [3.63, 3.8) is 0 Å². The van der Waals surface area contributed by atoms with Crippen LogP contribution in [0.1, 0.15) is 12.8 Å². The van der Waals surface area contributed by atoms with Crippen LogP contribution in [0.5, 0.6) is 0 Å². The van der Waals surface area contributed by atoms with E-state index >= 15 is 0 Å². The van der Waals surface area contributed by atoms with Gasteiger partial charge in [0.2, 0.25) is 0 Å². The van der Waals surface area contributed by atoms with Crippen LogP contribution in [0.3, 0.4) is 0 Å². The number of halogens is 1. The summed E-state index contributed by atoms with van der Waals surface area (Å²) in [6.07, 6.45) is 2.68. The second-order valence-corrected chi connectivity index (χ2v) is 5.09. The smallest absolute Gasteiger partial charge is 0.124 e. The van der Waals surface area contributed by atoms with Crippen LogP contribution in [0.2, 0.25) is 0 Å². The Balaban J connectivity index is 1.86. The second-order valence-electron chi connectivity index (χ2n) is 4.00. The van der Waals surface area contributed by atoms with Crippen molar-refractivity contribution in [1.82, 2.24) is 5.32 Å². The molecule has 0 heterocycles. The molecule has 1 N–H and O–H groups in total. The highest BCUT2D eigenvalue weighted by molar-refractivity contribution is 7.99. The minimum atomic E-state index is -0.146. The summed E-state index contributed by atoms with van der Waals surface area (Å²) in [5.41, 5.74) is 0. The molecule has 0 radical (unpaired) electrons. The fourth-order valence-electron chi connectivity index (χ4n) is 1.70. The monoisotopic (exact) mass is 225 g/mol. The Morgan fingerprint density at radius 1 is 1.53 bits per heavy atom. The van der Waals surface area contributed by atoms with E-state index in [-0.39, 0.29) is 5.82 Å². The Hall–Kier alpha value is -0.540. The average molecular weight is 225 g/mol. The molecule has 82 valence electrons. The van der Waals surface area contributed by atoms with Crippen molar-refractivity contribution < 1.29 is 4.39 Å². The number of hydrogen-bond acceptors (Lipinski definition) is 2. The zero-order chi connectivity index (χ0) is 10.7. The molecule has 0 amide bonds. The number of hydrogen-bond donors (Lipinski definition) is 1. The SMILES string of the molecule is CNC(CSc1cccc(F)c1)C1CC1. The van der Waals surface area contributed by atoms with Gasteiger partial charge in [0, 0.05) is 16.7 Å². The highest BCUT2D eigenvalue weighted by Gasteiger charge is 2.29. The molecular formula is C12H16FNS. The van der Waals surface area contributed by atoms with Gasteiger partial charge in [0.1, 0.15) is 5.82 Å². The second kappa shape index (κ2) is 4.99. The Kier molecular flexibility index (Phi) is 3.65. The summed E-state index contributed by atoms with van der Waals surface area (Å²) in [6.45, 7) is 0. The van der Waals surface area contributed by atoms with E-state index in [0.29, 0.717) is 6.04 Å². The zero-order valence-electron chi connectivity index (χ0n) is 8.87. The van der Waals surface area contributed by atoms with E-state index < -0.39 is 0 Å². The summed E-state index contributed by atoms with van der Waals surface area (Å²) in [6, 6.07) is 7.40. The summed E-state index contributed by atoms with van der Waals surface area (Å²) in [5.74, 6) is 1.73. The lowest BCUT2D eigenvalue weighted by molar-refractivity contribution is 0.553. The van der Waals surface area contributed by atoms with Crippen LogP contribution >= 0.6 is 11.8 Å². The highest BCUT2D eigenvalue weighted by atomic mass is 32.2. The predicted octanol–water partition coefficient (Wildman–Crippen LogP) is 2.92. The Labute approximate surface area is 94.5 Å². The first-order valence-corrected chi connectivity index (χ1v) is 6.34. The number of thioether (sulfide) groups is 1. The fraction of sp³-hybridized carbons (Fsp3) is 0.500. The van der Waals surface area contributed by atoms with Gasteiger partial charge >= 0.3 is 0 Å². The summed E-state index contributed by atoms with van der Waals surface area (Å²) < 4.78 is 12.9. The van der Waals surface area contributed by atoms with Crippen molar-refractivity contribution in [2.75, 3.05) is 12.8 Å². The van der Waals surface area contributed by atoms with Gasteiger partial charge in [-0.25, -0.2) is 4.39 Å². The molecule has 0 spiro atoms. The predicted molar refractivity (Wildman–Crippen MR) is 62.7 cm³/mol. The zero-order valence-corrected chi connectivity index (χ0v) is 9.69. The normalized spacial score (nSPS) is 17.7. The maximum atomic E-state index is 12.9. The minimum absolute atomic E-state index is 0.146. The summed E-state index contributed by atoms with van der Waals surface area (Å²) in [4.78, 5) is 1.02. The molecule has 1 saturated carbocycles. The molecule has 2 rings (SSSR count). The van der Waals surface area contributed by atoms with Crippen molar-refractivity contribution in [3.05, 3.63) is 30.1 Å². The lowest BCUT2D eigenvalue weighted by Crippen LogP contribution is -2.29. The van der Waals surface area contributed by atoms with E-state index in [1.54, 1.807) is 23.9 Å². The quantitative estimate of drug-likeness (QED) is 0.773. The molecule has 1 fully saturated rings. The fourth-order valence-corrected chi connectivity index (χ4v) is 2.88. The maximum Gasteiger partial charge on any atom is 0.124 e. The molecule has 1 aliphatic carbocycles. The largest absolute Gasteiger partial charge is 0.316 e. The van der Waals surface area contributed by atoms with Gasteiger partial charge in [-0.05, 0) is 44.0 Å². The van der Waals surface area contributed by atoms with Crippen LogP contribution in [0.4, 0.5) is 4.39 Å². The topological polar surface area (TPSA) is 12.0 Å². The molecule has 1 unspecified atom stereocenters. The van der Waals surface area contributed by atoms with E-state index in [2.05, 4.69) is 5.32 Å². The van der Waals surface area contributed by atoms with Gasteiger partial charge in [-0.1, -0.05) is 6.07 Å². The van der Waals surface area contributed by atoms with E-state index in [9.17, 15) is 4.39 Å². The number of benzene rings is 1. The Morgan fingerprint density at radius 2 is 2.33 bits per heavy atom. The first-order valence-electron chi connectivity index (χ1n) is 5.35. The van der Waals surface area contributed by atoms with E-state index in [1.165, 1.54) is 18.9 Å². The molecule has 3 heteroatoms. The number of rotatable bonds is 5. The van der Waals surface area contributed by atoms with Gasteiger partial charge in [-0.3, -0.25) is 0 Å². The molecule has 0 saturated heterocycles. The van der Waals surface area contributed by atoms with Crippen molar-refractivity contribution in [3.8, 4) is 0 Å². The van der Waals surface area contributed by atoms with E-state index in [0.717, 1.165) is 16.6 Å². The minimum Gasteiger partial charge on any atom is -0.316 e. The Morgan fingerprint density at radius 3 is 2.93 bits per heavy atom. The lowest BCUT2D eigenvalue weighted by Gasteiger charge is -2.14. The third-order valence-electron chi connectivity index (χ3n) is 2.79. The molecule has 0 aromatic heterocycles. The van der Waals surface area contributed by atoms with E-state index in [4.69, 9.17) is 0 Å². The van der Waals surface area contributed by atoms with Crippen LogP contribution in [-0.4, -0.2) is 18.8 Å². The third kappa shape index (κ3) is 3.21. The summed E-state index contributed by atoms with van der Waals surface area (Å²) in [7, 11) is 2.01. The van der Waals surface area contributed by atoms with Crippen molar-refractivity contribution in [2.24, 2.45) is 5.92 Å². The van der Waals surface area contributed by atoms with Crippen LogP contribution in [0.15, 0.2) is 29.2 Å². The first kappa shape index (κ1) is 11.0. The molecule has 1 nitrogen and oxygen atoms in total. The van der Waals surface area contributed by atoms with Gasteiger partial charge in [0.05, 0.1) is 0 Å². The molecule has 1 aromatic carbocycles. The molecule has 15 heavy (non-hydrogen) atoms. The summed E-state index contributed by atoms with van der Waals surface area (Å²) >= 11 is 1.73. The summed E-state index contributed by atoms with van der Waals surface area (Å²) in [5, 5.41) is 3.33. The lowest BCUT2D eigenvalue weighted by atomic mass is 10.2. The molecule has 0 aliphatic heterocycles. The molecule has 1 atom stereocenters. The van der Waals surface area contributed by atoms with Crippen molar-refractivity contribution in [1.29, 1.82) is 0 Å². The molecule has 1 aliphatic rings. The van der Waals surface area contributed by atoms with Gasteiger partial charge in [-0.2, -0.15) is 0 Å². The maximum absolute atomic E-state index is 12.9. The highest BCUT2D eigenvalue weighted by Crippen LogP contribution is 2.35. The first-order chi connectivity index (χ1) is 7.29. The third-order valence-corrected chi connectivity index (χ3v) is 3.90. The van der Waals surface area contributed by atoms with E-state index in [1.807, 2.05) is 13.1 Å². The van der Waals surface area contributed by atoms with Crippen LogP contribution in [0.25, 0.3) is 0 Å². The van der Waals surface area contributed by atoms with Crippen molar-refractivity contribution in [2.45, 2.75) is 23.8 Å². The van der Waals surface area contributed by atoms with Crippen molar-refractivity contribution >= 4 is 11.8 Å². The van der Waals surface area contributed by atoms with Crippen LogP contribution in [0, 0.1) is 11.7 Å². The average Bonchev–Trinajstić information content (AvgIpc) is 3.03.